The molecule has 4 heteroatoms. The lowest BCUT2D eigenvalue weighted by atomic mass is 10.0. The summed E-state index contributed by atoms with van der Waals surface area (Å²) in [6.45, 7) is 5.38. The van der Waals surface area contributed by atoms with Gasteiger partial charge in [0.15, 0.2) is 0 Å². The number of hydrogen-bond acceptors (Lipinski definition) is 3. The monoisotopic (exact) mass is 192 g/mol. The molecule has 0 aliphatic carbocycles. The Kier molecular flexibility index (Phi) is 2.99. The van der Waals surface area contributed by atoms with Gasteiger partial charge < -0.3 is 5.73 Å². The lowest BCUT2D eigenvalue weighted by molar-refractivity contribution is -0.385. The van der Waals surface area contributed by atoms with Gasteiger partial charge in [-0.15, -0.1) is 6.58 Å². The first-order valence-electron chi connectivity index (χ1n) is 4.19. The molecule has 0 saturated carbocycles. The van der Waals surface area contributed by atoms with E-state index in [1.54, 1.807) is 12.1 Å². The molecule has 74 valence electrons. The summed E-state index contributed by atoms with van der Waals surface area (Å²) >= 11 is 0. The molecule has 0 aliphatic rings. The molecular formula is C10H12N2O2. The van der Waals surface area contributed by atoms with Crippen molar-refractivity contribution in [2.75, 3.05) is 0 Å². The molecular weight excluding hydrogens is 180 g/mol. The van der Waals surface area contributed by atoms with Crippen molar-refractivity contribution in [3.63, 3.8) is 0 Å². The Balaban J connectivity index is 3.29. The van der Waals surface area contributed by atoms with E-state index in [0.717, 1.165) is 5.56 Å². The number of nitrogens with zero attached hydrogens (tertiary/aromatic N) is 1. The van der Waals surface area contributed by atoms with Crippen molar-refractivity contribution >= 4 is 5.69 Å². The summed E-state index contributed by atoms with van der Waals surface area (Å²) in [4.78, 5) is 10.2. The first-order valence-corrected chi connectivity index (χ1v) is 4.19. The van der Waals surface area contributed by atoms with E-state index in [0.29, 0.717) is 5.56 Å². The molecule has 1 aromatic rings. The molecule has 0 radical (unpaired) electrons. The number of nitro benzene ring substituents is 1. The van der Waals surface area contributed by atoms with Gasteiger partial charge in [-0.1, -0.05) is 17.7 Å². The minimum atomic E-state index is -0.490. The molecule has 14 heavy (non-hydrogen) atoms. The van der Waals surface area contributed by atoms with Crippen LogP contribution in [0.1, 0.15) is 17.2 Å². The van der Waals surface area contributed by atoms with Crippen molar-refractivity contribution in [1.29, 1.82) is 0 Å². The van der Waals surface area contributed by atoms with Gasteiger partial charge in [0.25, 0.3) is 5.69 Å². The van der Waals surface area contributed by atoms with Gasteiger partial charge in [0.2, 0.25) is 0 Å². The maximum Gasteiger partial charge on any atom is 0.274 e. The second-order valence-corrected chi connectivity index (χ2v) is 3.08. The second kappa shape index (κ2) is 4.02. The average Bonchev–Trinajstić information content (AvgIpc) is 2.16. The summed E-state index contributed by atoms with van der Waals surface area (Å²) in [5.74, 6) is 0. The van der Waals surface area contributed by atoms with E-state index >= 15 is 0 Å². The zero-order valence-electron chi connectivity index (χ0n) is 7.93. The molecule has 0 fully saturated rings. The molecule has 1 rings (SSSR count). The smallest absolute Gasteiger partial charge is 0.274 e. The molecule has 0 saturated heterocycles. The van der Waals surface area contributed by atoms with Crippen LogP contribution < -0.4 is 5.73 Å². The minimum Gasteiger partial charge on any atom is -0.321 e. The van der Waals surface area contributed by atoms with Crippen LogP contribution in [-0.4, -0.2) is 4.92 Å². The van der Waals surface area contributed by atoms with Crippen molar-refractivity contribution < 1.29 is 4.92 Å². The van der Waals surface area contributed by atoms with E-state index in [-0.39, 0.29) is 5.69 Å². The van der Waals surface area contributed by atoms with Gasteiger partial charge in [-0.25, -0.2) is 0 Å². The van der Waals surface area contributed by atoms with E-state index in [1.165, 1.54) is 12.1 Å². The number of benzene rings is 1. The lowest BCUT2D eigenvalue weighted by Gasteiger charge is -2.07. The van der Waals surface area contributed by atoms with E-state index < -0.39 is 11.0 Å². The van der Waals surface area contributed by atoms with Gasteiger partial charge in [-0.05, 0) is 13.0 Å². The standard InChI is InChI=1S/C10H12N2O2/c1-3-9(11)8-6-7(2)4-5-10(8)12(13)14/h3-6,9H,1,11H2,2H3/t9-/m0/s1. The van der Waals surface area contributed by atoms with Crippen molar-refractivity contribution in [2.24, 2.45) is 5.73 Å². The topological polar surface area (TPSA) is 69.2 Å². The molecule has 0 aliphatic heterocycles. The molecule has 1 aromatic carbocycles. The first-order chi connectivity index (χ1) is 6.56. The quantitative estimate of drug-likeness (QED) is 0.453. The summed E-state index contributed by atoms with van der Waals surface area (Å²) in [5, 5.41) is 10.7. The van der Waals surface area contributed by atoms with Crippen LogP contribution in [0.15, 0.2) is 30.9 Å². The molecule has 4 nitrogen and oxygen atoms in total. The summed E-state index contributed by atoms with van der Waals surface area (Å²) < 4.78 is 0. The van der Waals surface area contributed by atoms with Crippen LogP contribution in [0.3, 0.4) is 0 Å². The largest absolute Gasteiger partial charge is 0.321 e. The average molecular weight is 192 g/mol. The van der Waals surface area contributed by atoms with E-state index in [2.05, 4.69) is 6.58 Å². The number of aryl methyl sites for hydroxylation is 1. The molecule has 0 spiro atoms. The highest BCUT2D eigenvalue weighted by atomic mass is 16.6. The van der Waals surface area contributed by atoms with Crippen LogP contribution in [-0.2, 0) is 0 Å². The summed E-state index contributed by atoms with van der Waals surface area (Å²) in [6.07, 6.45) is 1.49. The summed E-state index contributed by atoms with van der Waals surface area (Å²) in [7, 11) is 0. The third-order valence-corrected chi connectivity index (χ3v) is 1.99. The maximum atomic E-state index is 10.7. The minimum absolute atomic E-state index is 0.0444. The number of nitrogens with two attached hydrogens (primary N) is 1. The predicted molar refractivity (Wildman–Crippen MR) is 55.0 cm³/mol. The van der Waals surface area contributed by atoms with Crippen molar-refractivity contribution in [2.45, 2.75) is 13.0 Å². The Labute approximate surface area is 82.2 Å². The molecule has 2 N–H and O–H groups in total. The molecule has 0 bridgehead atoms. The number of rotatable bonds is 3. The molecule has 0 unspecified atom stereocenters. The first kappa shape index (κ1) is 10.4. The molecule has 1 atom stereocenters. The highest BCUT2D eigenvalue weighted by Gasteiger charge is 2.16. The van der Waals surface area contributed by atoms with Gasteiger partial charge >= 0.3 is 0 Å². The zero-order chi connectivity index (χ0) is 10.7. The van der Waals surface area contributed by atoms with Crippen LogP contribution in [0.5, 0.6) is 0 Å². The van der Waals surface area contributed by atoms with Crippen molar-refractivity contribution in [1.82, 2.24) is 0 Å². The summed E-state index contributed by atoms with van der Waals surface area (Å²) in [5.41, 5.74) is 7.18. The van der Waals surface area contributed by atoms with Crippen molar-refractivity contribution in [3.05, 3.63) is 52.1 Å². The van der Waals surface area contributed by atoms with E-state index in [9.17, 15) is 10.1 Å². The van der Waals surface area contributed by atoms with Gasteiger partial charge in [0.1, 0.15) is 0 Å². The predicted octanol–water partition coefficient (Wildman–Crippen LogP) is 2.09. The van der Waals surface area contributed by atoms with Gasteiger partial charge in [-0.2, -0.15) is 0 Å². The maximum absolute atomic E-state index is 10.7. The van der Waals surface area contributed by atoms with Gasteiger partial charge in [-0.3, -0.25) is 10.1 Å². The van der Waals surface area contributed by atoms with E-state index in [1.807, 2.05) is 6.92 Å². The zero-order valence-corrected chi connectivity index (χ0v) is 7.93. The number of nitro groups is 1. The fraction of sp³-hybridized carbons (Fsp3) is 0.200. The lowest BCUT2D eigenvalue weighted by Crippen LogP contribution is -2.09. The Morgan fingerprint density at radius 3 is 2.79 bits per heavy atom. The van der Waals surface area contributed by atoms with Crippen LogP contribution in [0, 0.1) is 17.0 Å². The van der Waals surface area contributed by atoms with E-state index in [4.69, 9.17) is 5.73 Å². The Bertz CT molecular complexity index is 374. The van der Waals surface area contributed by atoms with Crippen molar-refractivity contribution in [3.8, 4) is 0 Å². The normalized spacial score (nSPS) is 12.1. The molecule has 0 aromatic heterocycles. The molecule has 0 heterocycles. The fourth-order valence-corrected chi connectivity index (χ4v) is 1.23. The van der Waals surface area contributed by atoms with Crippen LogP contribution >= 0.6 is 0 Å². The van der Waals surface area contributed by atoms with Gasteiger partial charge in [0, 0.05) is 6.07 Å². The Morgan fingerprint density at radius 2 is 2.29 bits per heavy atom. The Hall–Kier alpha value is -1.68. The Morgan fingerprint density at radius 1 is 1.64 bits per heavy atom. The van der Waals surface area contributed by atoms with Crippen LogP contribution in [0.4, 0.5) is 5.69 Å². The summed E-state index contributed by atoms with van der Waals surface area (Å²) in [6, 6.07) is 4.38. The highest BCUT2D eigenvalue weighted by molar-refractivity contribution is 5.45. The second-order valence-electron chi connectivity index (χ2n) is 3.08. The van der Waals surface area contributed by atoms with Crippen LogP contribution in [0.25, 0.3) is 0 Å². The highest BCUT2D eigenvalue weighted by Crippen LogP contribution is 2.25. The van der Waals surface area contributed by atoms with Crippen LogP contribution in [0.2, 0.25) is 0 Å². The third kappa shape index (κ3) is 1.97. The SMILES string of the molecule is C=C[C@H](N)c1cc(C)ccc1[N+](=O)[O-]. The van der Waals surface area contributed by atoms with Gasteiger partial charge in [0.05, 0.1) is 16.5 Å². The number of hydrogen-bond donors (Lipinski definition) is 1. The molecule has 0 amide bonds. The third-order valence-electron chi connectivity index (χ3n) is 1.99. The fourth-order valence-electron chi connectivity index (χ4n) is 1.23.